The van der Waals surface area contributed by atoms with Crippen molar-refractivity contribution in [2.75, 3.05) is 61.8 Å². The molecular formula is C36H58F3N7. The number of likely N-dealkylation sites (tertiary alicyclic amines) is 1. The van der Waals surface area contributed by atoms with Crippen LogP contribution >= 0.6 is 0 Å². The highest BCUT2D eigenvalue weighted by Gasteiger charge is 2.35. The lowest BCUT2D eigenvalue weighted by Gasteiger charge is -2.32. The molecule has 2 aliphatic heterocycles. The third-order valence-electron chi connectivity index (χ3n) is 9.12. The highest BCUT2D eigenvalue weighted by atomic mass is 19.4. The maximum Gasteiger partial charge on any atom is 0.421 e. The van der Waals surface area contributed by atoms with E-state index >= 15 is 0 Å². The van der Waals surface area contributed by atoms with Gasteiger partial charge in [-0.1, -0.05) is 41.2 Å². The Morgan fingerprint density at radius 2 is 1.74 bits per heavy atom. The van der Waals surface area contributed by atoms with Crippen LogP contribution in [0.3, 0.4) is 0 Å². The van der Waals surface area contributed by atoms with Crippen molar-refractivity contribution in [2.24, 2.45) is 5.92 Å². The molecular weight excluding hydrogens is 587 g/mol. The van der Waals surface area contributed by atoms with Crippen molar-refractivity contribution in [3.63, 3.8) is 0 Å². The summed E-state index contributed by atoms with van der Waals surface area (Å²) in [6, 6.07) is 6.68. The van der Waals surface area contributed by atoms with Crippen molar-refractivity contribution in [3.8, 4) is 0 Å². The topological polar surface area (TPSA) is 59.6 Å². The first-order chi connectivity index (χ1) is 22.0. The molecule has 258 valence electrons. The molecule has 2 N–H and O–H groups in total. The van der Waals surface area contributed by atoms with Crippen LogP contribution in [0.4, 0.5) is 36.3 Å². The average Bonchev–Trinajstić information content (AvgIpc) is 3.39. The van der Waals surface area contributed by atoms with Gasteiger partial charge in [-0.05, 0) is 108 Å². The van der Waals surface area contributed by atoms with Crippen LogP contribution in [0.5, 0.6) is 0 Å². The molecule has 1 aromatic heterocycles. The van der Waals surface area contributed by atoms with Crippen molar-refractivity contribution < 1.29 is 13.2 Å². The maximum absolute atomic E-state index is 13.7. The number of benzene rings is 1. The summed E-state index contributed by atoms with van der Waals surface area (Å²) in [6.45, 7) is 20.8. The molecule has 3 heterocycles. The number of halogens is 3. The van der Waals surface area contributed by atoms with Gasteiger partial charge in [-0.15, -0.1) is 0 Å². The van der Waals surface area contributed by atoms with Crippen molar-refractivity contribution in [1.82, 2.24) is 19.8 Å². The molecule has 1 unspecified atom stereocenters. The molecule has 0 amide bonds. The first-order valence-electron chi connectivity index (χ1n) is 17.5. The minimum atomic E-state index is -4.54. The predicted octanol–water partition coefficient (Wildman–Crippen LogP) is 8.97. The standard InChI is InChI=1S/C29H41F3N6.C7H17N/c1-5-22-18-24(37-16-12-20(3)13-17-37)10-11-26(22)35-28-34-19-25(29(30,31)32)27(36-28)33-14-7-15-38-21(4)8-9-23(38)6-2;1-4-6-8(3)7-5-2/h10-11,18-20,23H,4-9,12-17H2,1-3H3,(H2,33,34,35,36);4-7H2,1-3H3. The minimum Gasteiger partial charge on any atom is -0.372 e. The summed E-state index contributed by atoms with van der Waals surface area (Å²) in [5.41, 5.74) is 3.33. The number of nitrogens with one attached hydrogen (secondary N) is 2. The second-order valence-corrected chi connectivity index (χ2v) is 12.9. The molecule has 0 bridgehead atoms. The number of allylic oxidation sites excluding steroid dienone is 1. The van der Waals surface area contributed by atoms with E-state index in [0.717, 1.165) is 74.4 Å². The number of piperidine rings is 1. The molecule has 0 radical (unpaired) electrons. The lowest BCUT2D eigenvalue weighted by molar-refractivity contribution is -0.137. The molecule has 2 saturated heterocycles. The van der Waals surface area contributed by atoms with Gasteiger partial charge in [-0.25, -0.2) is 4.98 Å². The van der Waals surface area contributed by atoms with Crippen LogP contribution in [-0.4, -0.2) is 72.1 Å². The summed E-state index contributed by atoms with van der Waals surface area (Å²) in [6.07, 6.45) is 5.84. The highest BCUT2D eigenvalue weighted by molar-refractivity contribution is 5.65. The van der Waals surface area contributed by atoms with E-state index in [4.69, 9.17) is 0 Å². The number of alkyl halides is 3. The Hall–Kier alpha value is -3.01. The number of nitrogens with zero attached hydrogens (tertiary/aromatic N) is 5. The van der Waals surface area contributed by atoms with E-state index < -0.39 is 11.7 Å². The Labute approximate surface area is 276 Å². The van der Waals surface area contributed by atoms with Crippen LogP contribution in [-0.2, 0) is 12.6 Å². The summed E-state index contributed by atoms with van der Waals surface area (Å²) in [4.78, 5) is 15.3. The van der Waals surface area contributed by atoms with Crippen molar-refractivity contribution >= 4 is 23.1 Å². The van der Waals surface area contributed by atoms with E-state index in [-0.39, 0.29) is 11.8 Å². The number of rotatable bonds is 14. The van der Waals surface area contributed by atoms with Crippen molar-refractivity contribution in [1.29, 1.82) is 0 Å². The molecule has 4 rings (SSSR count). The van der Waals surface area contributed by atoms with E-state index in [0.29, 0.717) is 19.0 Å². The average molecular weight is 646 g/mol. The molecule has 7 nitrogen and oxygen atoms in total. The second kappa shape index (κ2) is 18.4. The van der Waals surface area contributed by atoms with Gasteiger partial charge in [-0.2, -0.15) is 18.2 Å². The van der Waals surface area contributed by atoms with Gasteiger partial charge in [0.2, 0.25) is 5.95 Å². The largest absolute Gasteiger partial charge is 0.421 e. The Kier molecular flexibility index (Phi) is 14.9. The molecule has 10 heteroatoms. The Morgan fingerprint density at radius 3 is 2.35 bits per heavy atom. The lowest BCUT2D eigenvalue weighted by atomic mass is 9.98. The molecule has 0 spiro atoms. The lowest BCUT2D eigenvalue weighted by Crippen LogP contribution is -2.32. The number of aryl methyl sites for hydroxylation is 1. The third kappa shape index (κ3) is 11.1. The smallest absolute Gasteiger partial charge is 0.372 e. The van der Waals surface area contributed by atoms with Crippen LogP contribution in [0, 0.1) is 5.92 Å². The summed E-state index contributed by atoms with van der Waals surface area (Å²) in [5, 5.41) is 6.09. The molecule has 46 heavy (non-hydrogen) atoms. The van der Waals surface area contributed by atoms with Crippen LogP contribution in [0.1, 0.15) is 97.1 Å². The molecule has 0 aliphatic carbocycles. The zero-order valence-corrected chi connectivity index (χ0v) is 29.1. The fourth-order valence-electron chi connectivity index (χ4n) is 6.35. The second-order valence-electron chi connectivity index (χ2n) is 12.9. The summed E-state index contributed by atoms with van der Waals surface area (Å²) >= 11 is 0. The maximum atomic E-state index is 13.7. The van der Waals surface area contributed by atoms with Gasteiger partial charge in [0, 0.05) is 55.5 Å². The molecule has 2 aromatic rings. The Morgan fingerprint density at radius 1 is 1.04 bits per heavy atom. The number of hydrogen-bond donors (Lipinski definition) is 2. The Bertz CT molecular complexity index is 1200. The van der Waals surface area contributed by atoms with Gasteiger partial charge in [-0.3, -0.25) is 0 Å². The summed E-state index contributed by atoms with van der Waals surface area (Å²) in [5.74, 6) is 0.707. The summed E-state index contributed by atoms with van der Waals surface area (Å²) in [7, 11) is 2.17. The molecule has 2 aliphatic rings. The van der Waals surface area contributed by atoms with Gasteiger partial charge in [0.05, 0.1) is 0 Å². The molecule has 2 fully saturated rings. The fourth-order valence-corrected chi connectivity index (χ4v) is 6.35. The highest BCUT2D eigenvalue weighted by Crippen LogP contribution is 2.35. The van der Waals surface area contributed by atoms with Crippen LogP contribution in [0.25, 0.3) is 0 Å². The number of hydrogen-bond acceptors (Lipinski definition) is 7. The molecule has 0 saturated carbocycles. The van der Waals surface area contributed by atoms with E-state index in [2.05, 4.69) is 95.7 Å². The number of anilines is 4. The van der Waals surface area contributed by atoms with Gasteiger partial charge < -0.3 is 25.3 Å². The molecule has 1 atom stereocenters. The predicted molar refractivity (Wildman–Crippen MR) is 187 cm³/mol. The summed E-state index contributed by atoms with van der Waals surface area (Å²) < 4.78 is 41.1. The van der Waals surface area contributed by atoms with Gasteiger partial charge in [0.1, 0.15) is 11.4 Å². The number of aromatic nitrogens is 2. The minimum absolute atomic E-state index is 0.147. The van der Waals surface area contributed by atoms with Crippen LogP contribution in [0.2, 0.25) is 0 Å². The van der Waals surface area contributed by atoms with E-state index in [1.54, 1.807) is 0 Å². The first kappa shape index (κ1) is 37.4. The van der Waals surface area contributed by atoms with Crippen molar-refractivity contribution in [3.05, 3.63) is 47.8 Å². The zero-order chi connectivity index (χ0) is 33.7. The fraction of sp³-hybridized carbons (Fsp3) is 0.667. The third-order valence-corrected chi connectivity index (χ3v) is 9.12. The van der Waals surface area contributed by atoms with Gasteiger partial charge in [0.25, 0.3) is 0 Å². The molecule has 1 aromatic carbocycles. The van der Waals surface area contributed by atoms with E-state index in [1.165, 1.54) is 44.5 Å². The first-order valence-corrected chi connectivity index (χ1v) is 17.5. The normalized spacial score (nSPS) is 17.3. The monoisotopic (exact) mass is 645 g/mol. The quantitative estimate of drug-likeness (QED) is 0.199. The zero-order valence-electron chi connectivity index (χ0n) is 29.1. The van der Waals surface area contributed by atoms with Gasteiger partial charge >= 0.3 is 6.18 Å². The van der Waals surface area contributed by atoms with Crippen LogP contribution in [0.15, 0.2) is 36.7 Å². The SMILES string of the molecule is C=C1CCC(CC)N1CCCNc1nc(Nc2ccc(N3CCC(C)CC3)cc2CC)ncc1C(F)(F)F.CCCN(C)CCC. The van der Waals surface area contributed by atoms with Gasteiger partial charge in [0.15, 0.2) is 0 Å². The van der Waals surface area contributed by atoms with E-state index in [9.17, 15) is 13.2 Å². The van der Waals surface area contributed by atoms with Crippen LogP contribution < -0.4 is 15.5 Å². The van der Waals surface area contributed by atoms with Crippen molar-refractivity contribution in [2.45, 2.75) is 105 Å². The Balaban J connectivity index is 0.000000637. The van der Waals surface area contributed by atoms with E-state index in [1.807, 2.05) is 6.07 Å².